The van der Waals surface area contributed by atoms with Gasteiger partial charge in [0.2, 0.25) is 0 Å². The molecule has 0 bridgehead atoms. The number of hydrogen-bond donors (Lipinski definition) is 1. The number of hydrogen-bond acceptors (Lipinski definition) is 5. The van der Waals surface area contributed by atoms with Crippen LogP contribution in [0.4, 0.5) is 0 Å². The van der Waals surface area contributed by atoms with Gasteiger partial charge in [-0.2, -0.15) is 5.26 Å². The molecule has 0 aliphatic heterocycles. The SMILES string of the molecule is COC(=O)/C=C/c1cccc(-n2c(C)nc3c2CC[C@H]2[C@H](C)C(O)=C(C#N)C[C@]32C)c1. The van der Waals surface area contributed by atoms with Gasteiger partial charge in [-0.15, -0.1) is 0 Å². The summed E-state index contributed by atoms with van der Waals surface area (Å²) in [7, 11) is 1.36. The molecule has 4 rings (SSSR count). The van der Waals surface area contributed by atoms with Crippen molar-refractivity contribution < 1.29 is 14.6 Å². The third kappa shape index (κ3) is 3.34. The normalized spacial score (nSPS) is 25.1. The molecule has 0 fully saturated rings. The number of benzene rings is 1. The fraction of sp³-hybridized carbons (Fsp3) is 0.400. The van der Waals surface area contributed by atoms with Crippen LogP contribution in [0.5, 0.6) is 0 Å². The van der Waals surface area contributed by atoms with E-state index in [0.717, 1.165) is 41.3 Å². The lowest BCUT2D eigenvalue weighted by atomic mass is 9.57. The summed E-state index contributed by atoms with van der Waals surface area (Å²) < 4.78 is 6.86. The maximum atomic E-state index is 11.4. The van der Waals surface area contributed by atoms with Crippen molar-refractivity contribution >= 4 is 12.0 Å². The van der Waals surface area contributed by atoms with Crippen LogP contribution in [0.3, 0.4) is 0 Å². The van der Waals surface area contributed by atoms with Gasteiger partial charge in [0.25, 0.3) is 0 Å². The zero-order valence-electron chi connectivity index (χ0n) is 18.3. The highest BCUT2D eigenvalue weighted by Crippen LogP contribution is 2.53. The molecule has 1 aromatic heterocycles. The molecule has 160 valence electrons. The minimum atomic E-state index is -0.392. The maximum absolute atomic E-state index is 11.4. The lowest BCUT2D eigenvalue weighted by Gasteiger charge is -2.46. The Labute approximate surface area is 182 Å². The Morgan fingerprint density at radius 1 is 1.45 bits per heavy atom. The predicted octanol–water partition coefficient (Wildman–Crippen LogP) is 4.56. The van der Waals surface area contributed by atoms with Crippen LogP contribution in [-0.2, 0) is 21.4 Å². The van der Waals surface area contributed by atoms with Crippen LogP contribution in [-0.4, -0.2) is 27.7 Å². The summed E-state index contributed by atoms with van der Waals surface area (Å²) >= 11 is 0. The minimum absolute atomic E-state index is 0.0567. The number of rotatable bonds is 3. The summed E-state index contributed by atoms with van der Waals surface area (Å²) in [6, 6.07) is 10.2. The molecule has 31 heavy (non-hydrogen) atoms. The Bertz CT molecular complexity index is 1150. The highest BCUT2D eigenvalue weighted by molar-refractivity contribution is 5.87. The van der Waals surface area contributed by atoms with Gasteiger partial charge < -0.3 is 14.4 Å². The molecule has 2 aromatic rings. The van der Waals surface area contributed by atoms with E-state index in [1.165, 1.54) is 13.2 Å². The van der Waals surface area contributed by atoms with E-state index in [-0.39, 0.29) is 23.0 Å². The predicted molar refractivity (Wildman–Crippen MR) is 118 cm³/mol. The second-order valence-corrected chi connectivity index (χ2v) is 8.74. The van der Waals surface area contributed by atoms with Gasteiger partial charge in [0.1, 0.15) is 11.6 Å². The number of ether oxygens (including phenoxy) is 1. The van der Waals surface area contributed by atoms with Crippen LogP contribution in [0, 0.1) is 30.1 Å². The van der Waals surface area contributed by atoms with Crippen molar-refractivity contribution in [2.45, 2.75) is 45.4 Å². The lowest BCUT2D eigenvalue weighted by Crippen LogP contribution is -2.44. The highest BCUT2D eigenvalue weighted by Gasteiger charge is 2.50. The average Bonchev–Trinajstić information content (AvgIpc) is 3.12. The Morgan fingerprint density at radius 2 is 2.23 bits per heavy atom. The molecule has 1 heterocycles. The Hall–Kier alpha value is -3.33. The van der Waals surface area contributed by atoms with Gasteiger partial charge in [0.05, 0.1) is 24.4 Å². The first-order valence-corrected chi connectivity index (χ1v) is 10.6. The number of nitriles is 1. The van der Waals surface area contributed by atoms with Crippen LogP contribution in [0.2, 0.25) is 0 Å². The van der Waals surface area contributed by atoms with Crippen LogP contribution < -0.4 is 0 Å². The van der Waals surface area contributed by atoms with Crippen LogP contribution in [0.25, 0.3) is 11.8 Å². The highest BCUT2D eigenvalue weighted by atomic mass is 16.5. The molecule has 0 saturated carbocycles. The van der Waals surface area contributed by atoms with E-state index < -0.39 is 5.97 Å². The molecule has 0 unspecified atom stereocenters. The van der Waals surface area contributed by atoms with Crippen molar-refractivity contribution in [2.75, 3.05) is 7.11 Å². The first kappa shape index (κ1) is 20.9. The third-order valence-corrected chi connectivity index (χ3v) is 6.96. The number of aliphatic hydroxyl groups is 1. The molecule has 2 aliphatic carbocycles. The molecule has 1 N–H and O–H groups in total. The number of aliphatic hydroxyl groups excluding tert-OH is 1. The standard InChI is InChI=1S/C25H27N3O3/c1-15-20-9-10-21-24(25(20,3)13-18(14-26)23(15)30)27-16(2)28(21)19-7-5-6-17(12-19)8-11-22(29)31-4/h5-8,11-12,15,20,30H,9-10,13H2,1-4H3/b11-8+/t15-,20-,25-/m0/s1. The van der Waals surface area contributed by atoms with Gasteiger partial charge in [0, 0.05) is 28.8 Å². The first-order valence-electron chi connectivity index (χ1n) is 10.6. The lowest BCUT2D eigenvalue weighted by molar-refractivity contribution is -0.134. The molecular formula is C25H27N3O3. The molecule has 6 heteroatoms. The largest absolute Gasteiger partial charge is 0.511 e. The van der Waals surface area contributed by atoms with E-state index in [9.17, 15) is 15.2 Å². The van der Waals surface area contributed by atoms with E-state index in [4.69, 9.17) is 4.98 Å². The van der Waals surface area contributed by atoms with E-state index in [1.54, 1.807) is 6.08 Å². The molecule has 3 atom stereocenters. The zero-order valence-corrected chi connectivity index (χ0v) is 18.3. The van der Waals surface area contributed by atoms with Crippen LogP contribution in [0.1, 0.15) is 49.5 Å². The monoisotopic (exact) mass is 417 g/mol. The number of nitrogens with zero attached hydrogens (tertiary/aromatic N) is 3. The number of aromatic nitrogens is 2. The summed E-state index contributed by atoms with van der Waals surface area (Å²) in [5, 5.41) is 20.1. The number of imidazole rings is 1. The molecule has 6 nitrogen and oxygen atoms in total. The van der Waals surface area contributed by atoms with Gasteiger partial charge >= 0.3 is 5.97 Å². The van der Waals surface area contributed by atoms with Crippen molar-refractivity contribution in [1.82, 2.24) is 9.55 Å². The second kappa shape index (κ2) is 7.73. The molecule has 0 radical (unpaired) electrons. The van der Waals surface area contributed by atoms with Crippen LogP contribution >= 0.6 is 0 Å². The number of aryl methyl sites for hydroxylation is 1. The van der Waals surface area contributed by atoms with Crippen molar-refractivity contribution in [1.29, 1.82) is 5.26 Å². The third-order valence-electron chi connectivity index (χ3n) is 6.96. The summed E-state index contributed by atoms with van der Waals surface area (Å²) in [6.45, 7) is 6.20. The fourth-order valence-electron chi connectivity index (χ4n) is 5.43. The molecule has 2 aliphatic rings. The Kier molecular flexibility index (Phi) is 5.22. The van der Waals surface area contributed by atoms with Gasteiger partial charge in [-0.1, -0.05) is 26.0 Å². The van der Waals surface area contributed by atoms with Gasteiger partial charge in [-0.05, 0) is 55.9 Å². The number of fused-ring (bicyclic) bond motifs is 3. The molecule has 1 aromatic carbocycles. The van der Waals surface area contributed by atoms with Gasteiger partial charge in [-0.3, -0.25) is 0 Å². The zero-order chi connectivity index (χ0) is 22.3. The van der Waals surface area contributed by atoms with Crippen molar-refractivity contribution in [2.24, 2.45) is 11.8 Å². The number of esters is 1. The summed E-state index contributed by atoms with van der Waals surface area (Å²) in [5.41, 5.74) is 4.27. The maximum Gasteiger partial charge on any atom is 0.330 e. The van der Waals surface area contributed by atoms with Gasteiger partial charge in [-0.25, -0.2) is 9.78 Å². The summed E-state index contributed by atoms with van der Waals surface area (Å²) in [6.07, 6.45) is 5.45. The topological polar surface area (TPSA) is 88.1 Å². The van der Waals surface area contributed by atoms with Crippen molar-refractivity contribution in [3.63, 3.8) is 0 Å². The summed E-state index contributed by atoms with van der Waals surface area (Å²) in [4.78, 5) is 16.4. The van der Waals surface area contributed by atoms with Crippen molar-refractivity contribution in [3.8, 4) is 11.8 Å². The first-order chi connectivity index (χ1) is 14.8. The minimum Gasteiger partial charge on any atom is -0.511 e. The molecule has 0 saturated heterocycles. The van der Waals surface area contributed by atoms with Crippen LogP contribution in [0.15, 0.2) is 41.7 Å². The molecule has 0 amide bonds. The summed E-state index contributed by atoms with van der Waals surface area (Å²) in [5.74, 6) is 0.935. The Balaban J connectivity index is 1.79. The Morgan fingerprint density at radius 3 is 2.94 bits per heavy atom. The van der Waals surface area contributed by atoms with E-state index in [2.05, 4.69) is 22.3 Å². The molecule has 0 spiro atoms. The smallest absolute Gasteiger partial charge is 0.330 e. The number of carbonyl (C=O) groups is 1. The van der Waals surface area contributed by atoms with Crippen molar-refractivity contribution in [3.05, 3.63) is 64.4 Å². The quantitative estimate of drug-likeness (QED) is 0.584. The van der Waals surface area contributed by atoms with Gasteiger partial charge in [0.15, 0.2) is 0 Å². The number of carbonyl (C=O) groups excluding carboxylic acids is 1. The van der Waals surface area contributed by atoms with E-state index in [1.807, 2.05) is 38.1 Å². The van der Waals surface area contributed by atoms with E-state index in [0.29, 0.717) is 12.0 Å². The van der Waals surface area contributed by atoms with E-state index >= 15 is 0 Å². The fourth-order valence-corrected chi connectivity index (χ4v) is 5.43. The number of allylic oxidation sites excluding steroid dienone is 2. The number of methoxy groups -OCH3 is 1. The second-order valence-electron chi connectivity index (χ2n) is 8.74. The molecular weight excluding hydrogens is 390 g/mol. The average molecular weight is 418 g/mol.